The molecule has 1 fully saturated rings. The highest BCUT2D eigenvalue weighted by Gasteiger charge is 2.50. The normalized spacial score (nSPS) is 19.7. The van der Waals surface area contributed by atoms with Crippen molar-refractivity contribution in [1.82, 2.24) is 21.1 Å². The Bertz CT molecular complexity index is 887. The molecule has 1 aromatic heterocycles. The third kappa shape index (κ3) is 8.02. The van der Waals surface area contributed by atoms with Crippen molar-refractivity contribution in [2.75, 3.05) is 30.6 Å². The standard InChI is InChI=1S/C22H34N4O6S2/c1-12(2)7-14(18(27)22(4)11-31-22)23-20(29)16(9-33-5)25-21(30)17(10-34-6)24-19(28)15-8-13(3)32-26-15/h8,12,14,16-17H,7,9-11H2,1-6H3,(H,23,29)(H,24,28)(H,25,30)/t14-,16-,17-,22+/m0/s1. The van der Waals surface area contributed by atoms with E-state index in [0.29, 0.717) is 30.3 Å². The molecule has 0 bridgehead atoms. The van der Waals surface area contributed by atoms with Gasteiger partial charge >= 0.3 is 0 Å². The van der Waals surface area contributed by atoms with Gasteiger partial charge in [-0.05, 0) is 38.7 Å². The van der Waals surface area contributed by atoms with Gasteiger partial charge in [-0.1, -0.05) is 19.0 Å². The second-order valence-electron chi connectivity index (χ2n) is 8.90. The van der Waals surface area contributed by atoms with Crippen LogP contribution in [0.15, 0.2) is 10.6 Å². The molecule has 0 saturated carbocycles. The zero-order valence-corrected chi connectivity index (χ0v) is 22.1. The van der Waals surface area contributed by atoms with Crippen LogP contribution in [0, 0.1) is 12.8 Å². The molecule has 10 nitrogen and oxygen atoms in total. The first-order chi connectivity index (χ1) is 16.0. The molecule has 1 aromatic rings. The lowest BCUT2D eigenvalue weighted by atomic mass is 9.93. The molecule has 3 amide bonds. The van der Waals surface area contributed by atoms with Crippen LogP contribution in [0.1, 0.15) is 43.4 Å². The fourth-order valence-electron chi connectivity index (χ4n) is 3.27. The van der Waals surface area contributed by atoms with Crippen LogP contribution in [0.4, 0.5) is 0 Å². The summed E-state index contributed by atoms with van der Waals surface area (Å²) in [5.74, 6) is -0.414. The minimum Gasteiger partial charge on any atom is -0.361 e. The first-order valence-corrected chi connectivity index (χ1v) is 13.8. The van der Waals surface area contributed by atoms with Crippen molar-refractivity contribution < 1.29 is 28.4 Å². The number of ketones is 1. The van der Waals surface area contributed by atoms with E-state index in [0.717, 1.165) is 0 Å². The van der Waals surface area contributed by atoms with Crippen molar-refractivity contribution in [1.29, 1.82) is 0 Å². The van der Waals surface area contributed by atoms with Gasteiger partial charge in [0.1, 0.15) is 23.4 Å². The third-order valence-electron chi connectivity index (χ3n) is 5.22. The van der Waals surface area contributed by atoms with Crippen LogP contribution in [0.3, 0.4) is 0 Å². The third-order valence-corrected chi connectivity index (χ3v) is 6.55. The Morgan fingerprint density at radius 1 is 1.03 bits per heavy atom. The van der Waals surface area contributed by atoms with E-state index in [2.05, 4.69) is 21.1 Å². The van der Waals surface area contributed by atoms with E-state index in [9.17, 15) is 19.2 Å². The monoisotopic (exact) mass is 514 g/mol. The maximum Gasteiger partial charge on any atom is 0.274 e. The number of thioether (sulfide) groups is 2. The number of ether oxygens (including phenoxy) is 1. The average molecular weight is 515 g/mol. The van der Waals surface area contributed by atoms with Crippen LogP contribution in [0.2, 0.25) is 0 Å². The number of nitrogens with one attached hydrogen (secondary N) is 3. The summed E-state index contributed by atoms with van der Waals surface area (Å²) in [5, 5.41) is 11.9. The summed E-state index contributed by atoms with van der Waals surface area (Å²) in [5.41, 5.74) is -0.793. The van der Waals surface area contributed by atoms with Gasteiger partial charge in [-0.3, -0.25) is 19.2 Å². The molecular weight excluding hydrogens is 480 g/mol. The Kier molecular flexibility index (Phi) is 10.4. The molecule has 1 saturated heterocycles. The quantitative estimate of drug-likeness (QED) is 0.312. The number of hydrogen-bond donors (Lipinski definition) is 3. The lowest BCUT2D eigenvalue weighted by Crippen LogP contribution is -2.58. The molecule has 190 valence electrons. The van der Waals surface area contributed by atoms with Crippen LogP contribution in [0.5, 0.6) is 0 Å². The van der Waals surface area contributed by atoms with E-state index >= 15 is 0 Å². The fourth-order valence-corrected chi connectivity index (χ4v) is 4.41. The number of rotatable bonds is 14. The van der Waals surface area contributed by atoms with E-state index in [4.69, 9.17) is 9.26 Å². The van der Waals surface area contributed by atoms with Gasteiger partial charge in [-0.15, -0.1) is 0 Å². The number of carbonyl (C=O) groups excluding carboxylic acids is 4. The highest BCUT2D eigenvalue weighted by atomic mass is 32.2. The summed E-state index contributed by atoms with van der Waals surface area (Å²) >= 11 is 2.76. The molecule has 34 heavy (non-hydrogen) atoms. The van der Waals surface area contributed by atoms with Crippen molar-refractivity contribution in [2.24, 2.45) is 5.92 Å². The zero-order chi connectivity index (χ0) is 25.5. The summed E-state index contributed by atoms with van der Waals surface area (Å²) in [6, 6.07) is -1.00. The molecule has 0 spiro atoms. The van der Waals surface area contributed by atoms with E-state index < -0.39 is 41.4 Å². The maximum atomic E-state index is 13.1. The van der Waals surface area contributed by atoms with E-state index in [1.165, 1.54) is 29.6 Å². The number of carbonyl (C=O) groups is 4. The molecule has 2 rings (SSSR count). The van der Waals surface area contributed by atoms with Crippen LogP contribution in [-0.2, 0) is 19.1 Å². The highest BCUT2D eigenvalue weighted by Crippen LogP contribution is 2.29. The summed E-state index contributed by atoms with van der Waals surface area (Å²) in [6.07, 6.45) is 4.09. The summed E-state index contributed by atoms with van der Waals surface area (Å²) in [7, 11) is 0. The van der Waals surface area contributed by atoms with Gasteiger partial charge in [0.05, 0.1) is 12.6 Å². The first kappa shape index (κ1) is 28.2. The van der Waals surface area contributed by atoms with Crippen LogP contribution in [0.25, 0.3) is 0 Å². The molecule has 0 aliphatic carbocycles. The van der Waals surface area contributed by atoms with Crippen molar-refractivity contribution in [3.63, 3.8) is 0 Å². The first-order valence-electron chi connectivity index (χ1n) is 11.0. The number of aromatic nitrogens is 1. The molecule has 0 aromatic carbocycles. The van der Waals surface area contributed by atoms with Crippen LogP contribution < -0.4 is 16.0 Å². The molecule has 1 aliphatic rings. The minimum absolute atomic E-state index is 0.0700. The Morgan fingerprint density at radius 2 is 1.56 bits per heavy atom. The summed E-state index contributed by atoms with van der Waals surface area (Å²) in [6.45, 7) is 7.64. The van der Waals surface area contributed by atoms with Crippen molar-refractivity contribution in [3.8, 4) is 0 Å². The Labute approximate surface area is 208 Å². The van der Waals surface area contributed by atoms with Gasteiger partial charge in [-0.25, -0.2) is 0 Å². The number of amides is 3. The topological polar surface area (TPSA) is 143 Å². The predicted molar refractivity (Wildman–Crippen MR) is 132 cm³/mol. The number of nitrogens with zero attached hydrogens (tertiary/aromatic N) is 1. The van der Waals surface area contributed by atoms with Gasteiger partial charge in [0, 0.05) is 17.6 Å². The zero-order valence-electron chi connectivity index (χ0n) is 20.4. The Morgan fingerprint density at radius 3 is 2.00 bits per heavy atom. The van der Waals surface area contributed by atoms with Crippen LogP contribution >= 0.6 is 23.5 Å². The minimum atomic E-state index is -0.886. The average Bonchev–Trinajstić information content (AvgIpc) is 3.37. The molecule has 12 heteroatoms. The maximum absolute atomic E-state index is 13.1. The smallest absolute Gasteiger partial charge is 0.274 e. The Hall–Kier alpha value is -2.05. The van der Waals surface area contributed by atoms with E-state index in [1.54, 1.807) is 20.1 Å². The second kappa shape index (κ2) is 12.6. The molecule has 0 unspecified atom stereocenters. The largest absolute Gasteiger partial charge is 0.361 e. The molecular formula is C22H34N4O6S2. The van der Waals surface area contributed by atoms with Gasteiger partial charge in [0.2, 0.25) is 11.8 Å². The predicted octanol–water partition coefficient (Wildman–Crippen LogP) is 1.18. The molecule has 4 atom stereocenters. The second-order valence-corrected chi connectivity index (χ2v) is 10.7. The molecule has 0 radical (unpaired) electrons. The number of Topliss-reactive ketones (excluding diaryl/α,β-unsaturated/α-hetero) is 1. The van der Waals surface area contributed by atoms with Gasteiger partial charge < -0.3 is 25.2 Å². The van der Waals surface area contributed by atoms with E-state index in [1.807, 2.05) is 20.1 Å². The fraction of sp³-hybridized carbons (Fsp3) is 0.682. The van der Waals surface area contributed by atoms with E-state index in [-0.39, 0.29) is 17.4 Å². The van der Waals surface area contributed by atoms with Gasteiger partial charge in [0.25, 0.3) is 5.91 Å². The summed E-state index contributed by atoms with van der Waals surface area (Å²) in [4.78, 5) is 51.4. The van der Waals surface area contributed by atoms with Crippen LogP contribution in [-0.4, -0.2) is 83.0 Å². The number of epoxide rings is 1. The molecule has 3 N–H and O–H groups in total. The SMILES string of the molecule is CSC[C@H](NC(=O)c1cc(C)on1)C(=O)N[C@@H](CSC)C(=O)N[C@@H](CC(C)C)C(=O)[C@@]1(C)CO1. The Balaban J connectivity index is 2.08. The lowest BCUT2D eigenvalue weighted by Gasteiger charge is -2.26. The highest BCUT2D eigenvalue weighted by molar-refractivity contribution is 7.98. The van der Waals surface area contributed by atoms with Gasteiger partial charge in [0.15, 0.2) is 11.5 Å². The van der Waals surface area contributed by atoms with Crippen molar-refractivity contribution in [3.05, 3.63) is 17.5 Å². The summed E-state index contributed by atoms with van der Waals surface area (Å²) < 4.78 is 10.2. The van der Waals surface area contributed by atoms with Gasteiger partial charge in [-0.2, -0.15) is 23.5 Å². The van der Waals surface area contributed by atoms with Crippen molar-refractivity contribution in [2.45, 2.75) is 57.8 Å². The molecule has 2 heterocycles. The molecule has 1 aliphatic heterocycles. The number of hydrogen-bond acceptors (Lipinski definition) is 9. The van der Waals surface area contributed by atoms with Crippen molar-refractivity contribution >= 4 is 47.0 Å². The lowest BCUT2D eigenvalue weighted by molar-refractivity contribution is -0.133. The number of aryl methyl sites for hydroxylation is 1.